The molecule has 2 amide bonds. The second-order valence-corrected chi connectivity index (χ2v) is 6.86. The highest BCUT2D eigenvalue weighted by atomic mass is 79.9. The lowest BCUT2D eigenvalue weighted by molar-refractivity contribution is -0.153. The van der Waals surface area contributed by atoms with Crippen molar-refractivity contribution in [1.29, 1.82) is 0 Å². The first-order chi connectivity index (χ1) is 9.69. The fraction of sp³-hybridized carbons (Fsp3) is 0.400. The Morgan fingerprint density at radius 1 is 1.29 bits per heavy atom. The number of imide groups is 1. The molecule has 0 atom stereocenters. The van der Waals surface area contributed by atoms with Crippen LogP contribution in [-0.2, 0) is 16.1 Å². The van der Waals surface area contributed by atoms with Crippen molar-refractivity contribution in [3.8, 4) is 0 Å². The number of carboxylic acids is 1. The fourth-order valence-corrected chi connectivity index (χ4v) is 2.87. The lowest BCUT2D eigenvalue weighted by Crippen LogP contribution is -2.45. The van der Waals surface area contributed by atoms with Gasteiger partial charge >= 0.3 is 5.97 Å². The molecule has 1 aromatic carbocycles. The molecular formula is C15H16BrNO4. The lowest BCUT2D eigenvalue weighted by Gasteiger charge is -2.34. The van der Waals surface area contributed by atoms with Gasteiger partial charge in [-0.3, -0.25) is 14.5 Å². The van der Waals surface area contributed by atoms with Crippen molar-refractivity contribution in [2.24, 2.45) is 5.41 Å². The minimum Gasteiger partial charge on any atom is -0.478 e. The Kier molecular flexibility index (Phi) is 4.18. The molecule has 1 aliphatic rings. The van der Waals surface area contributed by atoms with Crippen LogP contribution in [0.25, 0.3) is 0 Å². The predicted molar refractivity (Wildman–Crippen MR) is 79.7 cm³/mol. The van der Waals surface area contributed by atoms with Crippen LogP contribution in [0.5, 0.6) is 0 Å². The molecule has 112 valence electrons. The number of halogens is 1. The van der Waals surface area contributed by atoms with E-state index in [4.69, 9.17) is 5.11 Å². The van der Waals surface area contributed by atoms with Crippen LogP contribution in [0.3, 0.4) is 0 Å². The van der Waals surface area contributed by atoms with Gasteiger partial charge in [-0.15, -0.1) is 0 Å². The minimum absolute atomic E-state index is 0.156. The normalized spacial score (nSPS) is 18.0. The van der Waals surface area contributed by atoms with Crippen LogP contribution in [0.2, 0.25) is 0 Å². The SMILES string of the molecule is CC1(C)CC(=O)N(Cc2ccc(C(=O)O)cc2Br)C(=O)C1. The predicted octanol–water partition coefficient (Wildman–Crippen LogP) is 2.82. The molecule has 1 N–H and O–H groups in total. The Labute approximate surface area is 131 Å². The van der Waals surface area contributed by atoms with E-state index in [-0.39, 0.29) is 29.3 Å². The number of nitrogens with zero attached hydrogens (tertiary/aromatic N) is 1. The molecule has 0 unspecified atom stereocenters. The van der Waals surface area contributed by atoms with Crippen LogP contribution < -0.4 is 0 Å². The minimum atomic E-state index is -1.02. The third-order valence-electron chi connectivity index (χ3n) is 3.49. The number of rotatable bonds is 3. The van der Waals surface area contributed by atoms with E-state index in [0.717, 1.165) is 0 Å². The van der Waals surface area contributed by atoms with Crippen molar-refractivity contribution in [1.82, 2.24) is 4.90 Å². The Morgan fingerprint density at radius 2 is 1.86 bits per heavy atom. The van der Waals surface area contributed by atoms with E-state index in [0.29, 0.717) is 22.9 Å². The van der Waals surface area contributed by atoms with Crippen molar-refractivity contribution in [3.63, 3.8) is 0 Å². The number of carboxylic acid groups (broad SMARTS) is 1. The summed E-state index contributed by atoms with van der Waals surface area (Å²) in [5, 5.41) is 8.92. The van der Waals surface area contributed by atoms with Crippen LogP contribution >= 0.6 is 15.9 Å². The molecule has 1 aromatic rings. The summed E-state index contributed by atoms with van der Waals surface area (Å²) in [6, 6.07) is 4.56. The van der Waals surface area contributed by atoms with E-state index in [1.54, 1.807) is 6.07 Å². The molecule has 1 fully saturated rings. The Morgan fingerprint density at radius 3 is 2.33 bits per heavy atom. The summed E-state index contributed by atoms with van der Waals surface area (Å²) < 4.78 is 0.577. The van der Waals surface area contributed by atoms with E-state index < -0.39 is 5.97 Å². The van der Waals surface area contributed by atoms with E-state index in [2.05, 4.69) is 15.9 Å². The summed E-state index contributed by atoms with van der Waals surface area (Å²) in [6.07, 6.45) is 0.674. The number of carbonyl (C=O) groups excluding carboxylic acids is 2. The van der Waals surface area contributed by atoms with Gasteiger partial charge in [0.1, 0.15) is 0 Å². The zero-order valence-electron chi connectivity index (χ0n) is 11.9. The number of hydrogen-bond donors (Lipinski definition) is 1. The average molecular weight is 354 g/mol. The number of benzene rings is 1. The van der Waals surface area contributed by atoms with E-state index in [9.17, 15) is 14.4 Å². The quantitative estimate of drug-likeness (QED) is 0.847. The van der Waals surface area contributed by atoms with Crippen molar-refractivity contribution >= 4 is 33.7 Å². The zero-order chi connectivity index (χ0) is 15.8. The molecule has 1 aliphatic heterocycles. The van der Waals surface area contributed by atoms with Gasteiger partial charge in [0.15, 0.2) is 0 Å². The summed E-state index contributed by atoms with van der Waals surface area (Å²) >= 11 is 3.29. The van der Waals surface area contributed by atoms with E-state index in [1.165, 1.54) is 17.0 Å². The molecule has 1 saturated heterocycles. The number of piperidine rings is 1. The molecule has 0 saturated carbocycles. The summed E-state index contributed by atoms with van der Waals surface area (Å²) in [5.74, 6) is -1.40. The van der Waals surface area contributed by atoms with Crippen molar-refractivity contribution in [2.75, 3.05) is 0 Å². The molecule has 5 nitrogen and oxygen atoms in total. The third kappa shape index (κ3) is 3.50. The Balaban J connectivity index is 2.20. The first-order valence-electron chi connectivity index (χ1n) is 6.54. The van der Waals surface area contributed by atoms with Gasteiger partial charge in [-0.1, -0.05) is 35.8 Å². The highest BCUT2D eigenvalue weighted by Gasteiger charge is 2.37. The summed E-state index contributed by atoms with van der Waals surface area (Å²) in [7, 11) is 0. The van der Waals surface area contributed by atoms with Crippen LogP contribution in [0.15, 0.2) is 22.7 Å². The van der Waals surface area contributed by atoms with Gasteiger partial charge in [0.25, 0.3) is 0 Å². The van der Waals surface area contributed by atoms with Gasteiger partial charge in [-0.25, -0.2) is 4.79 Å². The van der Waals surface area contributed by atoms with Crippen molar-refractivity contribution in [2.45, 2.75) is 33.2 Å². The summed E-state index contributed by atoms with van der Waals surface area (Å²) in [5.41, 5.74) is 0.569. The number of hydrogen-bond acceptors (Lipinski definition) is 3. The maximum Gasteiger partial charge on any atom is 0.335 e. The van der Waals surface area contributed by atoms with Crippen molar-refractivity contribution < 1.29 is 19.5 Å². The Bertz CT molecular complexity index is 604. The second kappa shape index (κ2) is 5.60. The summed E-state index contributed by atoms with van der Waals surface area (Å²) in [6.45, 7) is 3.96. The average Bonchev–Trinajstić information content (AvgIpc) is 2.33. The topological polar surface area (TPSA) is 74.7 Å². The lowest BCUT2D eigenvalue weighted by atomic mass is 9.81. The first kappa shape index (κ1) is 15.7. The van der Waals surface area contributed by atoms with Gasteiger partial charge in [-0.05, 0) is 23.1 Å². The second-order valence-electron chi connectivity index (χ2n) is 6.00. The van der Waals surface area contributed by atoms with E-state index >= 15 is 0 Å². The third-order valence-corrected chi connectivity index (χ3v) is 4.23. The largest absolute Gasteiger partial charge is 0.478 e. The van der Waals surface area contributed by atoms with E-state index in [1.807, 2.05) is 13.8 Å². The monoisotopic (exact) mass is 353 g/mol. The van der Waals surface area contributed by atoms with Crippen LogP contribution in [0, 0.1) is 5.41 Å². The maximum absolute atomic E-state index is 12.1. The molecule has 1 heterocycles. The highest BCUT2D eigenvalue weighted by Crippen LogP contribution is 2.33. The summed E-state index contributed by atoms with van der Waals surface area (Å²) in [4.78, 5) is 36.3. The highest BCUT2D eigenvalue weighted by molar-refractivity contribution is 9.10. The van der Waals surface area contributed by atoms with Gasteiger partial charge in [-0.2, -0.15) is 0 Å². The molecule has 6 heteroatoms. The smallest absolute Gasteiger partial charge is 0.335 e. The molecule has 21 heavy (non-hydrogen) atoms. The van der Waals surface area contributed by atoms with Gasteiger partial charge in [0.05, 0.1) is 12.1 Å². The molecule has 0 aliphatic carbocycles. The molecule has 0 aromatic heterocycles. The van der Waals surface area contributed by atoms with Crippen LogP contribution in [0.1, 0.15) is 42.6 Å². The van der Waals surface area contributed by atoms with Gasteiger partial charge < -0.3 is 5.11 Å². The number of aromatic carboxylic acids is 1. The number of likely N-dealkylation sites (tertiary alicyclic amines) is 1. The molecule has 2 rings (SSSR count). The maximum atomic E-state index is 12.1. The Hall–Kier alpha value is -1.69. The van der Waals surface area contributed by atoms with Gasteiger partial charge in [0, 0.05) is 17.3 Å². The molecule has 0 spiro atoms. The van der Waals surface area contributed by atoms with Crippen molar-refractivity contribution in [3.05, 3.63) is 33.8 Å². The fourth-order valence-electron chi connectivity index (χ4n) is 2.37. The van der Waals surface area contributed by atoms with Crippen LogP contribution in [-0.4, -0.2) is 27.8 Å². The molecule has 0 bridgehead atoms. The standard InChI is InChI=1S/C15H16BrNO4/c1-15(2)6-12(18)17(13(19)7-15)8-10-4-3-9(14(20)21)5-11(10)16/h3-5H,6-8H2,1-2H3,(H,20,21). The van der Waals surface area contributed by atoms with Crippen LogP contribution in [0.4, 0.5) is 0 Å². The zero-order valence-corrected chi connectivity index (χ0v) is 13.4. The molecule has 0 radical (unpaired) electrons. The number of amides is 2. The number of carbonyl (C=O) groups is 3. The van der Waals surface area contributed by atoms with Gasteiger partial charge in [0.2, 0.25) is 11.8 Å². The first-order valence-corrected chi connectivity index (χ1v) is 7.34. The molecular weight excluding hydrogens is 338 g/mol.